The van der Waals surface area contributed by atoms with Gasteiger partial charge in [0.1, 0.15) is 0 Å². The van der Waals surface area contributed by atoms with Crippen LogP contribution < -0.4 is 0 Å². The quantitative estimate of drug-likeness (QED) is 0.736. The van der Waals surface area contributed by atoms with Gasteiger partial charge in [0.05, 0.1) is 6.20 Å². The Morgan fingerprint density at radius 2 is 1.81 bits per heavy atom. The van der Waals surface area contributed by atoms with E-state index in [-0.39, 0.29) is 0 Å². The molecule has 0 unspecified atom stereocenters. The molecule has 2 heterocycles. The Kier molecular flexibility index (Phi) is 5.26. The van der Waals surface area contributed by atoms with Crippen LogP contribution in [-0.2, 0) is 6.54 Å². The molecule has 2 aliphatic rings. The van der Waals surface area contributed by atoms with Gasteiger partial charge in [-0.25, -0.2) is 0 Å². The maximum Gasteiger partial charge on any atom is 0.0568 e. The minimum Gasteiger partial charge on any atom is -0.300 e. The molecule has 1 saturated carbocycles. The zero-order valence-electron chi connectivity index (χ0n) is 16.2. The van der Waals surface area contributed by atoms with Crippen LogP contribution >= 0.6 is 0 Å². The van der Waals surface area contributed by atoms with Crippen molar-refractivity contribution in [3.63, 3.8) is 0 Å². The fourth-order valence-corrected chi connectivity index (χ4v) is 4.07. The molecule has 2 fully saturated rings. The molecular formula is C23H31N3. The smallest absolute Gasteiger partial charge is 0.0568 e. The molecule has 26 heavy (non-hydrogen) atoms. The van der Waals surface area contributed by atoms with E-state index in [1.807, 2.05) is 10.9 Å². The summed E-state index contributed by atoms with van der Waals surface area (Å²) in [6, 6.07) is 9.85. The molecule has 0 N–H and O–H groups in total. The summed E-state index contributed by atoms with van der Waals surface area (Å²) in [6.45, 7) is 7.93. The first-order valence-corrected chi connectivity index (χ1v) is 10.2. The second-order valence-corrected chi connectivity index (χ2v) is 8.39. The summed E-state index contributed by atoms with van der Waals surface area (Å²) >= 11 is 0. The van der Waals surface area contributed by atoms with Crippen molar-refractivity contribution in [2.24, 2.45) is 5.92 Å². The van der Waals surface area contributed by atoms with E-state index in [4.69, 9.17) is 0 Å². The topological polar surface area (TPSA) is 21.1 Å². The molecule has 0 amide bonds. The predicted molar refractivity (Wildman–Crippen MR) is 109 cm³/mol. The number of hydrogen-bond acceptors (Lipinski definition) is 2. The van der Waals surface area contributed by atoms with E-state index in [0.29, 0.717) is 5.92 Å². The Bertz CT molecular complexity index is 740. The lowest BCUT2D eigenvalue weighted by Gasteiger charge is -2.40. The van der Waals surface area contributed by atoms with Crippen LogP contribution in [0, 0.1) is 5.92 Å². The number of nitrogens with zero attached hydrogens (tertiary/aromatic N) is 3. The highest BCUT2D eigenvalue weighted by molar-refractivity contribution is 5.65. The van der Waals surface area contributed by atoms with Gasteiger partial charge in [0.25, 0.3) is 0 Å². The summed E-state index contributed by atoms with van der Waals surface area (Å²) in [5.41, 5.74) is 5.40. The van der Waals surface area contributed by atoms with Gasteiger partial charge in [-0.2, -0.15) is 5.10 Å². The zero-order valence-corrected chi connectivity index (χ0v) is 16.2. The number of rotatable bonds is 5. The molecule has 1 aromatic heterocycles. The van der Waals surface area contributed by atoms with Crippen molar-refractivity contribution < 1.29 is 0 Å². The highest BCUT2D eigenvalue weighted by Gasteiger charge is 2.26. The summed E-state index contributed by atoms with van der Waals surface area (Å²) in [5.74, 6) is 0.618. The number of hydrogen-bond donors (Lipinski definition) is 0. The lowest BCUT2D eigenvalue weighted by molar-refractivity contribution is 0.118. The minimum absolute atomic E-state index is 0.618. The first-order chi connectivity index (χ1) is 12.7. The molecule has 0 radical (unpaired) electrons. The lowest BCUT2D eigenvalue weighted by atomic mass is 9.89. The maximum atomic E-state index is 4.48. The monoisotopic (exact) mass is 349 g/mol. The standard InChI is InChI=1S/C23H31N3/c1-18(2)16-26-17-22(15-24-26)21-8-6-19(7-9-21)14-20-10-12-25(13-11-20)23-4-3-5-23/h6-9,14-15,17-18,23H,3-5,10-13,16H2,1-2H3. The third kappa shape index (κ3) is 4.09. The highest BCUT2D eigenvalue weighted by atomic mass is 15.3. The van der Waals surface area contributed by atoms with Crippen molar-refractivity contribution in [2.75, 3.05) is 13.1 Å². The molecule has 4 rings (SSSR count). The molecule has 1 aliphatic heterocycles. The SMILES string of the molecule is CC(C)Cn1cc(-c2ccc(C=C3CCN(C4CCC4)CC3)cc2)cn1. The van der Waals surface area contributed by atoms with Crippen molar-refractivity contribution in [1.29, 1.82) is 0 Å². The lowest BCUT2D eigenvalue weighted by Crippen LogP contribution is -2.43. The molecular weight excluding hydrogens is 318 g/mol. The van der Waals surface area contributed by atoms with Crippen LogP contribution in [0.3, 0.4) is 0 Å². The number of aromatic nitrogens is 2. The van der Waals surface area contributed by atoms with E-state index in [2.05, 4.69) is 60.4 Å². The summed E-state index contributed by atoms with van der Waals surface area (Å²) < 4.78 is 2.05. The van der Waals surface area contributed by atoms with Crippen LogP contribution in [0.5, 0.6) is 0 Å². The first kappa shape index (κ1) is 17.5. The Labute approximate surface area is 157 Å². The summed E-state index contributed by atoms with van der Waals surface area (Å²) in [6.07, 6.45) is 13.3. The number of piperidine rings is 1. The zero-order chi connectivity index (χ0) is 17.9. The molecule has 0 spiro atoms. The first-order valence-electron chi connectivity index (χ1n) is 10.2. The summed E-state index contributed by atoms with van der Waals surface area (Å²) in [5, 5.41) is 4.48. The van der Waals surface area contributed by atoms with Crippen LogP contribution in [0.15, 0.2) is 42.2 Å². The molecule has 1 saturated heterocycles. The average Bonchev–Trinajstić information content (AvgIpc) is 3.03. The van der Waals surface area contributed by atoms with Gasteiger partial charge in [0.15, 0.2) is 0 Å². The Morgan fingerprint density at radius 1 is 1.08 bits per heavy atom. The van der Waals surface area contributed by atoms with Crippen molar-refractivity contribution in [1.82, 2.24) is 14.7 Å². The molecule has 0 bridgehead atoms. The largest absolute Gasteiger partial charge is 0.300 e. The van der Waals surface area contributed by atoms with Crippen LogP contribution in [0.1, 0.15) is 51.5 Å². The fourth-order valence-electron chi connectivity index (χ4n) is 4.07. The van der Waals surface area contributed by atoms with Crippen molar-refractivity contribution in [3.8, 4) is 11.1 Å². The fraction of sp³-hybridized carbons (Fsp3) is 0.522. The van der Waals surface area contributed by atoms with E-state index in [1.54, 1.807) is 5.57 Å². The van der Waals surface area contributed by atoms with Gasteiger partial charge in [0.2, 0.25) is 0 Å². The molecule has 1 aromatic carbocycles. The van der Waals surface area contributed by atoms with Crippen LogP contribution in [-0.4, -0.2) is 33.8 Å². The van der Waals surface area contributed by atoms with E-state index >= 15 is 0 Å². The third-order valence-corrected chi connectivity index (χ3v) is 5.83. The second-order valence-electron chi connectivity index (χ2n) is 8.39. The molecule has 138 valence electrons. The Balaban J connectivity index is 1.37. The Hall–Kier alpha value is -1.87. The van der Waals surface area contributed by atoms with Gasteiger partial charge < -0.3 is 0 Å². The van der Waals surface area contributed by atoms with Gasteiger partial charge >= 0.3 is 0 Å². The molecule has 1 aliphatic carbocycles. The maximum absolute atomic E-state index is 4.48. The minimum atomic E-state index is 0.618. The highest BCUT2D eigenvalue weighted by Crippen LogP contribution is 2.29. The van der Waals surface area contributed by atoms with Crippen LogP contribution in [0.4, 0.5) is 0 Å². The van der Waals surface area contributed by atoms with Crippen molar-refractivity contribution in [3.05, 3.63) is 47.8 Å². The van der Waals surface area contributed by atoms with E-state index in [1.165, 1.54) is 61.9 Å². The third-order valence-electron chi connectivity index (χ3n) is 5.83. The normalized spacial score (nSPS) is 19.0. The molecule has 0 atom stereocenters. The predicted octanol–water partition coefficient (Wildman–Crippen LogP) is 5.24. The molecule has 3 nitrogen and oxygen atoms in total. The molecule has 3 heteroatoms. The second kappa shape index (κ2) is 7.79. The van der Waals surface area contributed by atoms with E-state index < -0.39 is 0 Å². The molecule has 2 aromatic rings. The van der Waals surface area contributed by atoms with Gasteiger partial charge in [-0.15, -0.1) is 0 Å². The van der Waals surface area contributed by atoms with E-state index in [0.717, 1.165) is 12.6 Å². The van der Waals surface area contributed by atoms with Crippen LogP contribution in [0.25, 0.3) is 17.2 Å². The van der Waals surface area contributed by atoms with Gasteiger partial charge in [-0.05, 0) is 42.7 Å². The Morgan fingerprint density at radius 3 is 2.42 bits per heavy atom. The number of benzene rings is 1. The van der Waals surface area contributed by atoms with Crippen molar-refractivity contribution in [2.45, 2.75) is 58.5 Å². The van der Waals surface area contributed by atoms with Gasteiger partial charge in [0, 0.05) is 37.4 Å². The van der Waals surface area contributed by atoms with Crippen LogP contribution in [0.2, 0.25) is 0 Å². The van der Waals surface area contributed by atoms with Gasteiger partial charge in [-0.3, -0.25) is 9.58 Å². The summed E-state index contributed by atoms with van der Waals surface area (Å²) in [4.78, 5) is 2.71. The average molecular weight is 350 g/mol. The van der Waals surface area contributed by atoms with Gasteiger partial charge in [-0.1, -0.05) is 56.2 Å². The summed E-state index contributed by atoms with van der Waals surface area (Å²) in [7, 11) is 0. The van der Waals surface area contributed by atoms with E-state index in [9.17, 15) is 0 Å². The number of likely N-dealkylation sites (tertiary alicyclic amines) is 1. The van der Waals surface area contributed by atoms with Crippen molar-refractivity contribution >= 4 is 6.08 Å².